The molecule has 27 heavy (non-hydrogen) atoms. The monoisotopic (exact) mass is 390 g/mol. The Labute approximate surface area is 163 Å². The first kappa shape index (κ1) is 19.3. The van der Waals surface area contributed by atoms with Crippen LogP contribution in [-0.2, 0) is 9.53 Å². The number of esters is 1. The highest BCUT2D eigenvalue weighted by atomic mass is 35.5. The zero-order valence-corrected chi connectivity index (χ0v) is 16.6. The molecule has 0 spiro atoms. The van der Waals surface area contributed by atoms with Gasteiger partial charge in [-0.15, -0.1) is 0 Å². The number of amides is 1. The number of aryl methyl sites for hydroxylation is 1. The van der Waals surface area contributed by atoms with E-state index in [1.54, 1.807) is 25.1 Å². The van der Waals surface area contributed by atoms with Crippen molar-refractivity contribution in [1.82, 2.24) is 4.57 Å². The smallest absolute Gasteiger partial charge is 0.340 e. The van der Waals surface area contributed by atoms with Gasteiger partial charge in [0.05, 0.1) is 17.7 Å². The van der Waals surface area contributed by atoms with E-state index in [9.17, 15) is 9.59 Å². The second kappa shape index (κ2) is 7.64. The Hall–Kier alpha value is -2.47. The molecule has 1 aliphatic carbocycles. The van der Waals surface area contributed by atoms with Gasteiger partial charge in [0.15, 0.2) is 6.10 Å². The zero-order valence-electron chi connectivity index (χ0n) is 15.8. The Morgan fingerprint density at radius 3 is 2.56 bits per heavy atom. The molecule has 0 aliphatic heterocycles. The summed E-state index contributed by atoms with van der Waals surface area (Å²) in [6.45, 7) is 5.43. The van der Waals surface area contributed by atoms with Crippen molar-refractivity contribution in [3.63, 3.8) is 0 Å². The van der Waals surface area contributed by atoms with Gasteiger partial charge in [-0.3, -0.25) is 4.79 Å². The first-order valence-corrected chi connectivity index (χ1v) is 9.23. The summed E-state index contributed by atoms with van der Waals surface area (Å²) in [5, 5.41) is 3.07. The van der Waals surface area contributed by atoms with E-state index in [1.165, 1.54) is 7.11 Å². The molecule has 144 valence electrons. The van der Waals surface area contributed by atoms with Crippen LogP contribution in [0, 0.1) is 13.8 Å². The number of carbonyl (C=O) groups excluding carboxylic acids is 2. The molecule has 1 aromatic carbocycles. The molecule has 2 aromatic rings. The number of carbonyl (C=O) groups is 2. The van der Waals surface area contributed by atoms with Crippen LogP contribution in [-0.4, -0.2) is 29.7 Å². The van der Waals surface area contributed by atoms with E-state index >= 15 is 0 Å². The number of hydrogen-bond acceptors (Lipinski definition) is 4. The van der Waals surface area contributed by atoms with Gasteiger partial charge in [-0.1, -0.05) is 11.6 Å². The quantitative estimate of drug-likeness (QED) is 0.747. The highest BCUT2D eigenvalue weighted by molar-refractivity contribution is 6.32. The van der Waals surface area contributed by atoms with Crippen LogP contribution in [0.1, 0.15) is 47.6 Å². The van der Waals surface area contributed by atoms with Crippen LogP contribution in [0.5, 0.6) is 5.75 Å². The molecular formula is C20H23ClN2O4. The van der Waals surface area contributed by atoms with Gasteiger partial charge in [0, 0.05) is 23.1 Å². The van der Waals surface area contributed by atoms with E-state index in [-0.39, 0.29) is 0 Å². The van der Waals surface area contributed by atoms with Crippen molar-refractivity contribution < 1.29 is 19.1 Å². The number of methoxy groups -OCH3 is 1. The van der Waals surface area contributed by atoms with Crippen molar-refractivity contribution in [2.75, 3.05) is 12.4 Å². The van der Waals surface area contributed by atoms with Crippen molar-refractivity contribution >= 4 is 29.2 Å². The van der Waals surface area contributed by atoms with Crippen molar-refractivity contribution in [3.05, 3.63) is 46.2 Å². The predicted octanol–water partition coefficient (Wildman–Crippen LogP) is 4.29. The number of benzene rings is 1. The number of halogens is 1. The minimum absolute atomic E-state index is 0.382. The number of rotatable bonds is 6. The molecule has 6 nitrogen and oxygen atoms in total. The van der Waals surface area contributed by atoms with Gasteiger partial charge in [0.25, 0.3) is 5.91 Å². The maximum Gasteiger partial charge on any atom is 0.340 e. The maximum atomic E-state index is 12.5. The standard InChI is InChI=1S/C20H23ClN2O4/c1-11-9-16(12(2)23(11)15-6-7-15)20(25)27-13(3)19(24)22-14-5-8-18(26-4)17(21)10-14/h5,8-10,13,15H,6-7H2,1-4H3,(H,22,24)/t13-/m0/s1. The number of nitrogens with zero attached hydrogens (tertiary/aromatic N) is 1. The second-order valence-electron chi connectivity index (χ2n) is 6.77. The predicted molar refractivity (Wildman–Crippen MR) is 104 cm³/mol. The van der Waals surface area contributed by atoms with Crippen molar-refractivity contribution in [3.8, 4) is 5.75 Å². The van der Waals surface area contributed by atoms with Gasteiger partial charge in [-0.05, 0) is 57.9 Å². The van der Waals surface area contributed by atoms with E-state index in [0.29, 0.717) is 28.1 Å². The third kappa shape index (κ3) is 4.11. The molecule has 7 heteroatoms. The minimum atomic E-state index is -0.942. The molecular weight excluding hydrogens is 368 g/mol. The molecule has 0 radical (unpaired) electrons. The van der Waals surface area contributed by atoms with Crippen LogP contribution in [0.15, 0.2) is 24.3 Å². The Morgan fingerprint density at radius 1 is 1.26 bits per heavy atom. The summed E-state index contributed by atoms with van der Waals surface area (Å²) in [7, 11) is 1.52. The van der Waals surface area contributed by atoms with Gasteiger partial charge in [0.2, 0.25) is 0 Å². The molecule has 1 aromatic heterocycles. The fourth-order valence-corrected chi connectivity index (χ4v) is 3.40. The first-order chi connectivity index (χ1) is 12.8. The maximum absolute atomic E-state index is 12.5. The van der Waals surface area contributed by atoms with Crippen LogP contribution in [0.4, 0.5) is 5.69 Å². The van der Waals surface area contributed by atoms with Crippen LogP contribution in [0.2, 0.25) is 5.02 Å². The van der Waals surface area contributed by atoms with Gasteiger partial charge >= 0.3 is 5.97 Å². The van der Waals surface area contributed by atoms with Crippen LogP contribution in [0.3, 0.4) is 0 Å². The fourth-order valence-electron chi connectivity index (χ4n) is 3.14. The van der Waals surface area contributed by atoms with E-state index < -0.39 is 18.0 Å². The highest BCUT2D eigenvalue weighted by Crippen LogP contribution is 2.38. The third-order valence-corrected chi connectivity index (χ3v) is 4.98. The highest BCUT2D eigenvalue weighted by Gasteiger charge is 2.29. The van der Waals surface area contributed by atoms with Gasteiger partial charge in [0.1, 0.15) is 5.75 Å². The zero-order chi connectivity index (χ0) is 19.7. The molecule has 1 amide bonds. The molecule has 1 heterocycles. The average molecular weight is 391 g/mol. The third-order valence-electron chi connectivity index (χ3n) is 4.69. The van der Waals surface area contributed by atoms with Gasteiger partial charge in [-0.2, -0.15) is 0 Å². The summed E-state index contributed by atoms with van der Waals surface area (Å²) in [6, 6.07) is 7.20. The molecule has 1 saturated carbocycles. The molecule has 1 N–H and O–H groups in total. The average Bonchev–Trinajstić information content (AvgIpc) is 3.40. The number of hydrogen-bond donors (Lipinski definition) is 1. The lowest BCUT2D eigenvalue weighted by Gasteiger charge is -2.14. The van der Waals surface area contributed by atoms with Gasteiger partial charge < -0.3 is 19.4 Å². The number of nitrogens with one attached hydrogen (secondary N) is 1. The van der Waals surface area contributed by atoms with Crippen molar-refractivity contribution in [2.45, 2.75) is 45.8 Å². The number of ether oxygens (including phenoxy) is 2. The summed E-state index contributed by atoms with van der Waals surface area (Å²) in [5.41, 5.74) is 2.92. The lowest BCUT2D eigenvalue weighted by Crippen LogP contribution is -2.30. The lowest BCUT2D eigenvalue weighted by molar-refractivity contribution is -0.123. The topological polar surface area (TPSA) is 69.6 Å². The van der Waals surface area contributed by atoms with E-state index in [2.05, 4.69) is 9.88 Å². The summed E-state index contributed by atoms with van der Waals surface area (Å²) >= 11 is 6.06. The van der Waals surface area contributed by atoms with Crippen LogP contribution in [0.25, 0.3) is 0 Å². The molecule has 0 unspecified atom stereocenters. The molecule has 0 bridgehead atoms. The summed E-state index contributed by atoms with van der Waals surface area (Å²) in [4.78, 5) is 24.9. The largest absolute Gasteiger partial charge is 0.495 e. The van der Waals surface area contributed by atoms with E-state index in [4.69, 9.17) is 21.1 Å². The second-order valence-corrected chi connectivity index (χ2v) is 7.18. The van der Waals surface area contributed by atoms with Crippen LogP contribution >= 0.6 is 11.6 Å². The van der Waals surface area contributed by atoms with Crippen molar-refractivity contribution in [1.29, 1.82) is 0 Å². The van der Waals surface area contributed by atoms with E-state index in [1.807, 2.05) is 19.9 Å². The summed E-state index contributed by atoms with van der Waals surface area (Å²) < 4.78 is 12.6. The lowest BCUT2D eigenvalue weighted by atomic mass is 10.2. The molecule has 0 saturated heterocycles. The molecule has 1 fully saturated rings. The first-order valence-electron chi connectivity index (χ1n) is 8.85. The van der Waals surface area contributed by atoms with Gasteiger partial charge in [-0.25, -0.2) is 4.79 Å². The Morgan fingerprint density at radius 2 is 1.96 bits per heavy atom. The SMILES string of the molecule is COc1ccc(NC(=O)[C@H](C)OC(=O)c2cc(C)n(C3CC3)c2C)cc1Cl. The Bertz CT molecular complexity index is 886. The summed E-state index contributed by atoms with van der Waals surface area (Å²) in [5.74, 6) is -0.411. The minimum Gasteiger partial charge on any atom is -0.495 e. The summed E-state index contributed by atoms with van der Waals surface area (Å²) in [6.07, 6.45) is 1.32. The number of aromatic nitrogens is 1. The molecule has 1 atom stereocenters. The normalized spacial score (nSPS) is 14.6. The Balaban J connectivity index is 1.65. The van der Waals surface area contributed by atoms with Crippen molar-refractivity contribution in [2.24, 2.45) is 0 Å². The molecule has 3 rings (SSSR count). The molecule has 1 aliphatic rings. The Kier molecular flexibility index (Phi) is 5.46. The fraction of sp³-hybridized carbons (Fsp3) is 0.400. The number of anilines is 1. The van der Waals surface area contributed by atoms with E-state index in [0.717, 1.165) is 24.2 Å². The van der Waals surface area contributed by atoms with Crippen LogP contribution < -0.4 is 10.1 Å².